The van der Waals surface area contributed by atoms with Crippen LogP contribution in [0.5, 0.6) is 0 Å². The van der Waals surface area contributed by atoms with E-state index in [0.29, 0.717) is 0 Å². The molecule has 0 aliphatic rings. The largest absolute Gasteiger partial charge is 0.394 e. The van der Waals surface area contributed by atoms with Crippen LogP contribution in [-0.2, 0) is 9.47 Å². The molecule has 0 radical (unpaired) electrons. The Kier molecular flexibility index (Phi) is 7.06. The summed E-state index contributed by atoms with van der Waals surface area (Å²) in [7, 11) is 1.32. The SMILES string of the molecule is CO[C@@H](CO)OC(CO)[C@@H](O)CO. The first-order valence-corrected chi connectivity index (χ1v) is 3.88. The molecule has 0 rings (SSSR count). The van der Waals surface area contributed by atoms with Crippen LogP contribution in [0.3, 0.4) is 0 Å². The van der Waals surface area contributed by atoms with Crippen LogP contribution in [0.25, 0.3) is 0 Å². The number of methoxy groups -OCH3 is 1. The molecule has 0 aliphatic carbocycles. The minimum atomic E-state index is -1.19. The molecule has 0 aliphatic heterocycles. The minimum Gasteiger partial charge on any atom is -0.394 e. The van der Waals surface area contributed by atoms with Crippen LogP contribution >= 0.6 is 0 Å². The number of rotatable bonds is 7. The van der Waals surface area contributed by atoms with Gasteiger partial charge >= 0.3 is 0 Å². The summed E-state index contributed by atoms with van der Waals surface area (Å²) < 4.78 is 9.57. The summed E-state index contributed by atoms with van der Waals surface area (Å²) in [6.07, 6.45) is -3.05. The molecule has 0 saturated heterocycles. The van der Waals surface area contributed by atoms with Gasteiger partial charge in [-0.15, -0.1) is 0 Å². The van der Waals surface area contributed by atoms with Crippen LogP contribution in [0.15, 0.2) is 0 Å². The van der Waals surface area contributed by atoms with E-state index in [2.05, 4.69) is 4.74 Å². The first-order valence-electron chi connectivity index (χ1n) is 3.88. The van der Waals surface area contributed by atoms with Gasteiger partial charge < -0.3 is 29.9 Å². The first kappa shape index (κ1) is 12.8. The van der Waals surface area contributed by atoms with Crippen molar-refractivity contribution in [3.63, 3.8) is 0 Å². The Balaban J connectivity index is 3.94. The molecule has 0 aromatic heterocycles. The van der Waals surface area contributed by atoms with Gasteiger partial charge in [-0.1, -0.05) is 0 Å². The van der Waals surface area contributed by atoms with Crippen molar-refractivity contribution >= 4 is 0 Å². The van der Waals surface area contributed by atoms with E-state index in [9.17, 15) is 0 Å². The first-order chi connectivity index (χ1) is 6.19. The van der Waals surface area contributed by atoms with Crippen molar-refractivity contribution in [1.29, 1.82) is 0 Å². The quantitative estimate of drug-likeness (QED) is 0.341. The van der Waals surface area contributed by atoms with E-state index < -0.39 is 31.7 Å². The van der Waals surface area contributed by atoms with Crippen molar-refractivity contribution < 1.29 is 29.9 Å². The molecule has 0 saturated carbocycles. The highest BCUT2D eigenvalue weighted by molar-refractivity contribution is 4.67. The molecule has 0 spiro atoms. The van der Waals surface area contributed by atoms with Crippen molar-refractivity contribution in [1.82, 2.24) is 0 Å². The Bertz CT molecular complexity index is 116. The fraction of sp³-hybridized carbons (Fsp3) is 1.00. The van der Waals surface area contributed by atoms with Gasteiger partial charge in [0.2, 0.25) is 0 Å². The molecule has 0 bridgehead atoms. The van der Waals surface area contributed by atoms with Crippen LogP contribution in [0.4, 0.5) is 0 Å². The fourth-order valence-corrected chi connectivity index (χ4v) is 0.741. The standard InChI is InChI=1S/C7H16O6/c1-12-7(4-10)13-6(3-9)5(11)2-8/h5-11H,2-4H2,1H3/t5-,6?,7+/m0/s1. The number of hydrogen-bond acceptors (Lipinski definition) is 6. The van der Waals surface area contributed by atoms with Gasteiger partial charge in [0.1, 0.15) is 12.2 Å². The zero-order valence-corrected chi connectivity index (χ0v) is 7.46. The van der Waals surface area contributed by atoms with E-state index in [1.807, 2.05) is 0 Å². The summed E-state index contributed by atoms with van der Waals surface area (Å²) in [5.74, 6) is 0. The Hall–Kier alpha value is -0.240. The summed E-state index contributed by atoms with van der Waals surface area (Å²) >= 11 is 0. The molecular weight excluding hydrogens is 180 g/mol. The third-order valence-corrected chi connectivity index (χ3v) is 1.53. The molecule has 0 fully saturated rings. The predicted octanol–water partition coefficient (Wildman–Crippen LogP) is -2.32. The molecule has 4 N–H and O–H groups in total. The molecular formula is C7H16O6. The molecule has 0 amide bonds. The number of ether oxygens (including phenoxy) is 2. The zero-order chi connectivity index (χ0) is 10.3. The van der Waals surface area contributed by atoms with Gasteiger partial charge in [0.25, 0.3) is 0 Å². The highest BCUT2D eigenvalue weighted by Crippen LogP contribution is 2.03. The lowest BCUT2D eigenvalue weighted by molar-refractivity contribution is -0.206. The van der Waals surface area contributed by atoms with Crippen LogP contribution in [-0.4, -0.2) is 65.9 Å². The highest BCUT2D eigenvalue weighted by Gasteiger charge is 2.22. The van der Waals surface area contributed by atoms with Gasteiger partial charge in [0, 0.05) is 7.11 Å². The van der Waals surface area contributed by atoms with Crippen LogP contribution in [0.2, 0.25) is 0 Å². The summed E-state index contributed by atoms with van der Waals surface area (Å²) in [4.78, 5) is 0. The van der Waals surface area contributed by atoms with Crippen molar-refractivity contribution in [3.8, 4) is 0 Å². The number of aliphatic hydroxyl groups excluding tert-OH is 4. The molecule has 0 heterocycles. The summed E-state index contributed by atoms with van der Waals surface area (Å²) in [5.41, 5.74) is 0. The fourth-order valence-electron chi connectivity index (χ4n) is 0.741. The Morgan fingerprint density at radius 3 is 2.00 bits per heavy atom. The maximum atomic E-state index is 9.09. The summed E-state index contributed by atoms with van der Waals surface area (Å²) in [6, 6.07) is 0. The highest BCUT2D eigenvalue weighted by atomic mass is 16.7. The Labute approximate surface area is 76.3 Å². The van der Waals surface area contributed by atoms with Crippen LogP contribution in [0.1, 0.15) is 0 Å². The topological polar surface area (TPSA) is 99.4 Å². The van der Waals surface area contributed by atoms with E-state index in [1.54, 1.807) is 0 Å². The van der Waals surface area contributed by atoms with Gasteiger partial charge in [-0.05, 0) is 0 Å². The van der Waals surface area contributed by atoms with Crippen LogP contribution in [0, 0.1) is 0 Å². The van der Waals surface area contributed by atoms with Crippen molar-refractivity contribution in [3.05, 3.63) is 0 Å². The number of aliphatic hydroxyl groups is 4. The molecule has 80 valence electrons. The third-order valence-electron chi connectivity index (χ3n) is 1.53. The molecule has 0 aromatic carbocycles. The summed E-state index contributed by atoms with van der Waals surface area (Å²) in [5, 5.41) is 35.0. The summed E-state index contributed by atoms with van der Waals surface area (Å²) in [6.45, 7) is -1.36. The maximum absolute atomic E-state index is 9.09. The Morgan fingerprint density at radius 2 is 1.69 bits per heavy atom. The molecule has 1 unspecified atom stereocenters. The van der Waals surface area contributed by atoms with Crippen LogP contribution < -0.4 is 0 Å². The average Bonchev–Trinajstić information content (AvgIpc) is 2.19. The second-order valence-electron chi connectivity index (χ2n) is 2.45. The smallest absolute Gasteiger partial charge is 0.180 e. The molecule has 3 atom stereocenters. The monoisotopic (exact) mass is 196 g/mol. The number of hydrogen-bond donors (Lipinski definition) is 4. The van der Waals surface area contributed by atoms with E-state index in [-0.39, 0.29) is 6.61 Å². The van der Waals surface area contributed by atoms with Crippen molar-refractivity contribution in [2.24, 2.45) is 0 Å². The van der Waals surface area contributed by atoms with E-state index >= 15 is 0 Å². The van der Waals surface area contributed by atoms with E-state index in [1.165, 1.54) is 7.11 Å². The maximum Gasteiger partial charge on any atom is 0.180 e. The van der Waals surface area contributed by atoms with E-state index in [0.717, 1.165) is 0 Å². The predicted molar refractivity (Wildman–Crippen MR) is 42.9 cm³/mol. The lowest BCUT2D eigenvalue weighted by Gasteiger charge is -2.23. The molecule has 6 nitrogen and oxygen atoms in total. The van der Waals surface area contributed by atoms with Crippen molar-refractivity contribution in [2.75, 3.05) is 26.9 Å². The lowest BCUT2D eigenvalue weighted by Crippen LogP contribution is -2.39. The molecule has 0 aromatic rings. The van der Waals surface area contributed by atoms with E-state index in [4.69, 9.17) is 25.2 Å². The van der Waals surface area contributed by atoms with Gasteiger partial charge in [-0.2, -0.15) is 0 Å². The normalized spacial score (nSPS) is 18.2. The van der Waals surface area contributed by atoms with Gasteiger partial charge in [0.05, 0.1) is 19.8 Å². The van der Waals surface area contributed by atoms with Gasteiger partial charge in [-0.3, -0.25) is 0 Å². The minimum absolute atomic E-state index is 0.384. The van der Waals surface area contributed by atoms with Gasteiger partial charge in [0.15, 0.2) is 6.29 Å². The second kappa shape index (κ2) is 7.19. The molecule has 13 heavy (non-hydrogen) atoms. The van der Waals surface area contributed by atoms with Gasteiger partial charge in [-0.25, -0.2) is 0 Å². The second-order valence-corrected chi connectivity index (χ2v) is 2.45. The zero-order valence-electron chi connectivity index (χ0n) is 7.46. The molecule has 6 heteroatoms. The third kappa shape index (κ3) is 4.51. The van der Waals surface area contributed by atoms with Crippen molar-refractivity contribution in [2.45, 2.75) is 18.5 Å². The lowest BCUT2D eigenvalue weighted by atomic mass is 10.2. The Morgan fingerprint density at radius 1 is 1.08 bits per heavy atom. The average molecular weight is 196 g/mol.